The molecule has 1 aliphatic heterocycles. The van der Waals surface area contributed by atoms with E-state index in [2.05, 4.69) is 34.7 Å². The van der Waals surface area contributed by atoms with E-state index in [1.54, 1.807) is 29.4 Å². The number of nitrogens with zero attached hydrogens (tertiary/aromatic N) is 3. The molecule has 0 aliphatic carbocycles. The molecule has 3 aromatic rings. The molecule has 0 bridgehead atoms. The van der Waals surface area contributed by atoms with Gasteiger partial charge in [-0.25, -0.2) is 9.78 Å². The van der Waals surface area contributed by atoms with Crippen LogP contribution in [0.5, 0.6) is 0 Å². The number of aryl methyl sites for hydroxylation is 1. The molecule has 1 aliphatic rings. The number of nitrogens with one attached hydrogen (secondary N) is 2. The predicted molar refractivity (Wildman–Crippen MR) is 113 cm³/mol. The number of anilines is 3. The smallest absolute Gasteiger partial charge is 0.327 e. The Morgan fingerprint density at radius 3 is 2.79 bits per heavy atom. The van der Waals surface area contributed by atoms with Crippen molar-refractivity contribution in [3.63, 3.8) is 0 Å². The number of fused-ring (bicyclic) bond motifs is 1. The van der Waals surface area contributed by atoms with E-state index in [9.17, 15) is 4.79 Å². The molecule has 1 aromatic carbocycles. The van der Waals surface area contributed by atoms with Crippen LogP contribution in [0, 0.1) is 6.92 Å². The van der Waals surface area contributed by atoms with Crippen LogP contribution >= 0.6 is 0 Å². The Kier molecular flexibility index (Phi) is 5.19. The number of benzene rings is 1. The van der Waals surface area contributed by atoms with Crippen LogP contribution in [-0.2, 0) is 0 Å². The zero-order chi connectivity index (χ0) is 19.3. The van der Waals surface area contributed by atoms with Crippen LogP contribution in [0.4, 0.5) is 22.0 Å². The average Bonchev–Trinajstić information content (AvgIpc) is 2.69. The van der Waals surface area contributed by atoms with Gasteiger partial charge < -0.3 is 10.6 Å². The number of rotatable bonds is 2. The van der Waals surface area contributed by atoms with Gasteiger partial charge in [-0.2, -0.15) is 0 Å². The maximum atomic E-state index is 13.0. The fourth-order valence-corrected chi connectivity index (χ4v) is 3.31. The summed E-state index contributed by atoms with van der Waals surface area (Å²) in [7, 11) is 0. The summed E-state index contributed by atoms with van der Waals surface area (Å²) in [5.41, 5.74) is 4.66. The standard InChI is InChI=1S/C22H23N5O/c1-16-5-4-6-17(15-16)19-7-8-20-21(26-19)27(14-3-2-11-24-20)22(28)25-18-9-12-23-13-10-18/h4-10,12-13,15,24H,2-3,11,14H2,1H3,(H,23,25,28). The van der Waals surface area contributed by atoms with Crippen molar-refractivity contribution in [2.75, 3.05) is 28.6 Å². The second-order valence-electron chi connectivity index (χ2n) is 6.89. The molecule has 2 amide bonds. The van der Waals surface area contributed by atoms with Gasteiger partial charge in [0.2, 0.25) is 0 Å². The second-order valence-corrected chi connectivity index (χ2v) is 6.89. The molecule has 6 heteroatoms. The quantitative estimate of drug-likeness (QED) is 0.683. The average molecular weight is 373 g/mol. The van der Waals surface area contributed by atoms with Gasteiger partial charge in [0.05, 0.1) is 11.4 Å². The van der Waals surface area contributed by atoms with Crippen LogP contribution in [0.2, 0.25) is 0 Å². The van der Waals surface area contributed by atoms with Crippen molar-refractivity contribution in [2.24, 2.45) is 0 Å². The lowest BCUT2D eigenvalue weighted by atomic mass is 10.1. The summed E-state index contributed by atoms with van der Waals surface area (Å²) in [4.78, 5) is 23.6. The first kappa shape index (κ1) is 18.0. The van der Waals surface area contributed by atoms with E-state index in [1.807, 2.05) is 24.3 Å². The molecule has 4 rings (SSSR count). The van der Waals surface area contributed by atoms with Crippen molar-refractivity contribution in [3.05, 3.63) is 66.5 Å². The minimum Gasteiger partial charge on any atom is -0.382 e. The Hall–Kier alpha value is -3.41. The highest BCUT2D eigenvalue weighted by molar-refractivity contribution is 6.03. The molecule has 2 aromatic heterocycles. The number of aromatic nitrogens is 2. The molecular formula is C22H23N5O. The van der Waals surface area contributed by atoms with Gasteiger partial charge in [0, 0.05) is 36.7 Å². The third-order valence-corrected chi connectivity index (χ3v) is 4.75. The SMILES string of the molecule is Cc1cccc(-c2ccc3c(n2)N(C(=O)Nc2ccncc2)CCCCN3)c1. The van der Waals surface area contributed by atoms with Crippen molar-refractivity contribution in [1.29, 1.82) is 0 Å². The predicted octanol–water partition coefficient (Wildman–Crippen LogP) is 4.70. The molecule has 6 nitrogen and oxygen atoms in total. The van der Waals surface area contributed by atoms with E-state index in [0.717, 1.165) is 36.3 Å². The number of carbonyl (C=O) groups excluding carboxylic acids is 1. The maximum absolute atomic E-state index is 13.0. The Morgan fingerprint density at radius 1 is 1.11 bits per heavy atom. The van der Waals surface area contributed by atoms with Crippen LogP contribution in [0.1, 0.15) is 18.4 Å². The number of amides is 2. The molecule has 0 saturated carbocycles. The normalized spacial score (nSPS) is 13.7. The van der Waals surface area contributed by atoms with Crippen LogP contribution in [-0.4, -0.2) is 29.1 Å². The second kappa shape index (κ2) is 8.08. The molecule has 0 spiro atoms. The van der Waals surface area contributed by atoms with Crippen molar-refractivity contribution >= 4 is 23.2 Å². The Labute approximate surface area is 164 Å². The molecule has 0 radical (unpaired) electrons. The van der Waals surface area contributed by atoms with Crippen LogP contribution in [0.15, 0.2) is 60.9 Å². The molecule has 0 fully saturated rings. The van der Waals surface area contributed by atoms with Gasteiger partial charge in [0.25, 0.3) is 0 Å². The highest BCUT2D eigenvalue weighted by Crippen LogP contribution is 2.30. The van der Waals surface area contributed by atoms with E-state index in [-0.39, 0.29) is 6.03 Å². The number of urea groups is 1. The third-order valence-electron chi connectivity index (χ3n) is 4.75. The van der Waals surface area contributed by atoms with E-state index >= 15 is 0 Å². The first-order valence-corrected chi connectivity index (χ1v) is 9.51. The summed E-state index contributed by atoms with van der Waals surface area (Å²) < 4.78 is 0. The van der Waals surface area contributed by atoms with Crippen molar-refractivity contribution < 1.29 is 4.79 Å². The van der Waals surface area contributed by atoms with Crippen molar-refractivity contribution in [1.82, 2.24) is 9.97 Å². The zero-order valence-corrected chi connectivity index (χ0v) is 15.9. The fourth-order valence-electron chi connectivity index (χ4n) is 3.31. The van der Waals surface area contributed by atoms with Crippen LogP contribution in [0.25, 0.3) is 11.3 Å². The van der Waals surface area contributed by atoms with Gasteiger partial charge in [-0.3, -0.25) is 9.88 Å². The van der Waals surface area contributed by atoms with E-state index < -0.39 is 0 Å². The first-order valence-electron chi connectivity index (χ1n) is 9.51. The largest absolute Gasteiger partial charge is 0.382 e. The highest BCUT2D eigenvalue weighted by atomic mass is 16.2. The molecule has 28 heavy (non-hydrogen) atoms. The molecule has 0 atom stereocenters. The van der Waals surface area contributed by atoms with E-state index in [4.69, 9.17) is 4.98 Å². The van der Waals surface area contributed by atoms with E-state index in [1.165, 1.54) is 5.56 Å². The monoisotopic (exact) mass is 373 g/mol. The molecule has 3 heterocycles. The summed E-state index contributed by atoms with van der Waals surface area (Å²) >= 11 is 0. The number of hydrogen-bond acceptors (Lipinski definition) is 4. The van der Waals surface area contributed by atoms with Crippen LogP contribution < -0.4 is 15.5 Å². The lowest BCUT2D eigenvalue weighted by Gasteiger charge is -2.27. The lowest BCUT2D eigenvalue weighted by Crippen LogP contribution is -2.38. The summed E-state index contributed by atoms with van der Waals surface area (Å²) in [6.07, 6.45) is 5.23. The molecular weight excluding hydrogens is 350 g/mol. The van der Waals surface area contributed by atoms with E-state index in [0.29, 0.717) is 18.1 Å². The Balaban J connectivity index is 1.70. The summed E-state index contributed by atoms with van der Waals surface area (Å²) in [5, 5.41) is 6.36. The summed E-state index contributed by atoms with van der Waals surface area (Å²) in [5.74, 6) is 0.658. The Bertz CT molecular complexity index is 974. The van der Waals surface area contributed by atoms with Gasteiger partial charge in [0.15, 0.2) is 5.82 Å². The first-order chi connectivity index (χ1) is 13.7. The number of carbonyl (C=O) groups is 1. The van der Waals surface area contributed by atoms with Gasteiger partial charge >= 0.3 is 6.03 Å². The summed E-state index contributed by atoms with van der Waals surface area (Å²) in [6, 6.07) is 15.6. The van der Waals surface area contributed by atoms with Crippen LogP contribution in [0.3, 0.4) is 0 Å². The third kappa shape index (κ3) is 3.96. The molecule has 2 N–H and O–H groups in total. The number of hydrogen-bond donors (Lipinski definition) is 2. The topological polar surface area (TPSA) is 70.2 Å². The lowest BCUT2D eigenvalue weighted by molar-refractivity contribution is 0.256. The Morgan fingerprint density at radius 2 is 1.96 bits per heavy atom. The van der Waals surface area contributed by atoms with Gasteiger partial charge in [-0.15, -0.1) is 0 Å². The molecule has 142 valence electrons. The minimum atomic E-state index is -0.190. The van der Waals surface area contributed by atoms with Gasteiger partial charge in [-0.05, 0) is 50.1 Å². The summed E-state index contributed by atoms with van der Waals surface area (Å²) in [6.45, 7) is 3.56. The van der Waals surface area contributed by atoms with Gasteiger partial charge in [-0.1, -0.05) is 23.8 Å². The van der Waals surface area contributed by atoms with Crippen molar-refractivity contribution in [2.45, 2.75) is 19.8 Å². The fraction of sp³-hybridized carbons (Fsp3) is 0.227. The van der Waals surface area contributed by atoms with Crippen molar-refractivity contribution in [3.8, 4) is 11.3 Å². The molecule has 0 saturated heterocycles. The highest BCUT2D eigenvalue weighted by Gasteiger charge is 2.22. The number of pyridine rings is 2. The minimum absolute atomic E-state index is 0.190. The maximum Gasteiger partial charge on any atom is 0.327 e. The molecule has 0 unspecified atom stereocenters. The zero-order valence-electron chi connectivity index (χ0n) is 15.9. The van der Waals surface area contributed by atoms with Gasteiger partial charge in [0.1, 0.15) is 0 Å².